The van der Waals surface area contributed by atoms with E-state index in [1.54, 1.807) is 12.1 Å². The third-order valence-electron chi connectivity index (χ3n) is 7.06. The van der Waals surface area contributed by atoms with Gasteiger partial charge >= 0.3 is 0 Å². The number of aryl methyl sites for hydroxylation is 2. The Morgan fingerprint density at radius 2 is 1.45 bits per heavy atom. The largest absolute Gasteiger partial charge is 0.352 e. The molecule has 0 bridgehead atoms. The third kappa shape index (κ3) is 8.68. The number of anilines is 1. The zero-order valence-electron chi connectivity index (χ0n) is 24.1. The van der Waals surface area contributed by atoms with Gasteiger partial charge in [0.15, 0.2) is 0 Å². The molecular formula is C32H41N3O4S. The first kappa shape index (κ1) is 30.9. The van der Waals surface area contributed by atoms with E-state index < -0.39 is 28.5 Å². The standard InChI is InChI=1S/C32H41N3O4S/c1-6-25(4)33-32(37)30(21-27-11-9-8-10-12-27)34(22-28-15-13-24(3)14-16-28)31(36)23-35(40(5,38)39)29-19-17-26(7-2)18-20-29/h8-20,25,30H,6-7,21-23H2,1-5H3,(H,33,37)/t25-,30-/m0/s1. The van der Waals surface area contributed by atoms with Gasteiger partial charge in [0.2, 0.25) is 21.8 Å². The SMILES string of the molecule is CCc1ccc(N(CC(=O)N(Cc2ccc(C)cc2)[C@@H](Cc2ccccc2)C(=O)N[C@@H](C)CC)S(C)(=O)=O)cc1. The van der Waals surface area contributed by atoms with E-state index in [1.165, 1.54) is 4.90 Å². The Balaban J connectivity index is 2.04. The molecule has 0 heterocycles. The Labute approximate surface area is 239 Å². The lowest BCUT2D eigenvalue weighted by Crippen LogP contribution is -2.54. The molecule has 7 nitrogen and oxygen atoms in total. The predicted molar refractivity (Wildman–Crippen MR) is 162 cm³/mol. The van der Waals surface area contributed by atoms with Gasteiger partial charge in [0.1, 0.15) is 12.6 Å². The van der Waals surface area contributed by atoms with Crippen LogP contribution in [0.4, 0.5) is 5.69 Å². The molecule has 0 saturated heterocycles. The molecule has 3 aromatic carbocycles. The first-order chi connectivity index (χ1) is 19.0. The number of hydrogen-bond donors (Lipinski definition) is 1. The lowest BCUT2D eigenvalue weighted by Gasteiger charge is -2.34. The van der Waals surface area contributed by atoms with Crippen molar-refractivity contribution in [3.05, 3.63) is 101 Å². The van der Waals surface area contributed by atoms with Gasteiger partial charge in [0.05, 0.1) is 11.9 Å². The van der Waals surface area contributed by atoms with E-state index >= 15 is 0 Å². The zero-order valence-corrected chi connectivity index (χ0v) is 24.9. The molecule has 0 aliphatic heterocycles. The van der Waals surface area contributed by atoms with E-state index in [1.807, 2.05) is 94.4 Å². The van der Waals surface area contributed by atoms with Crippen molar-refractivity contribution in [1.82, 2.24) is 10.2 Å². The van der Waals surface area contributed by atoms with Gasteiger partial charge in [0, 0.05) is 19.0 Å². The Hall–Kier alpha value is -3.65. The third-order valence-corrected chi connectivity index (χ3v) is 8.20. The van der Waals surface area contributed by atoms with Gasteiger partial charge in [-0.3, -0.25) is 13.9 Å². The second-order valence-electron chi connectivity index (χ2n) is 10.3. The summed E-state index contributed by atoms with van der Waals surface area (Å²) in [5.41, 5.74) is 4.31. The molecule has 0 saturated carbocycles. The summed E-state index contributed by atoms with van der Waals surface area (Å²) in [4.78, 5) is 29.3. The summed E-state index contributed by atoms with van der Waals surface area (Å²) < 4.78 is 26.9. The molecule has 8 heteroatoms. The van der Waals surface area contributed by atoms with E-state index in [0.29, 0.717) is 12.1 Å². The summed E-state index contributed by atoms with van der Waals surface area (Å²) in [6.07, 6.45) is 2.94. The molecule has 0 aliphatic rings. The van der Waals surface area contributed by atoms with Crippen molar-refractivity contribution in [2.45, 2.75) is 65.6 Å². The highest BCUT2D eigenvalue weighted by Gasteiger charge is 2.33. The number of sulfonamides is 1. The molecule has 0 aliphatic carbocycles. The van der Waals surface area contributed by atoms with Crippen LogP contribution in [0.1, 0.15) is 49.4 Å². The van der Waals surface area contributed by atoms with Crippen molar-refractivity contribution in [3.63, 3.8) is 0 Å². The minimum Gasteiger partial charge on any atom is -0.352 e. The highest BCUT2D eigenvalue weighted by molar-refractivity contribution is 7.92. The zero-order chi connectivity index (χ0) is 29.3. The molecule has 2 amide bonds. The second-order valence-corrected chi connectivity index (χ2v) is 12.2. The van der Waals surface area contributed by atoms with Crippen LogP contribution in [0.15, 0.2) is 78.9 Å². The van der Waals surface area contributed by atoms with Crippen molar-refractivity contribution in [3.8, 4) is 0 Å². The molecule has 0 spiro atoms. The molecule has 214 valence electrons. The van der Waals surface area contributed by atoms with Crippen molar-refractivity contribution in [2.24, 2.45) is 0 Å². The fraction of sp³-hybridized carbons (Fsp3) is 0.375. The number of nitrogens with one attached hydrogen (secondary N) is 1. The van der Waals surface area contributed by atoms with E-state index in [-0.39, 0.29) is 18.5 Å². The first-order valence-electron chi connectivity index (χ1n) is 13.8. The van der Waals surface area contributed by atoms with Crippen molar-refractivity contribution in [1.29, 1.82) is 0 Å². The summed E-state index contributed by atoms with van der Waals surface area (Å²) in [7, 11) is -3.79. The molecular weight excluding hydrogens is 522 g/mol. The van der Waals surface area contributed by atoms with Crippen LogP contribution in [0.2, 0.25) is 0 Å². The van der Waals surface area contributed by atoms with Gasteiger partial charge in [-0.1, -0.05) is 86.1 Å². The average molecular weight is 564 g/mol. The van der Waals surface area contributed by atoms with Crippen LogP contribution in [0.5, 0.6) is 0 Å². The number of hydrogen-bond acceptors (Lipinski definition) is 4. The van der Waals surface area contributed by atoms with Crippen LogP contribution >= 0.6 is 0 Å². The maximum absolute atomic E-state index is 14.1. The summed E-state index contributed by atoms with van der Waals surface area (Å²) in [6.45, 7) is 7.66. The monoisotopic (exact) mass is 563 g/mol. The molecule has 0 fully saturated rings. The van der Waals surface area contributed by atoms with Gasteiger partial charge in [-0.25, -0.2) is 8.42 Å². The van der Waals surface area contributed by atoms with Gasteiger partial charge in [-0.05, 0) is 55.5 Å². The van der Waals surface area contributed by atoms with Crippen LogP contribution in [-0.2, 0) is 39.0 Å². The van der Waals surface area contributed by atoms with Gasteiger partial charge < -0.3 is 10.2 Å². The number of benzene rings is 3. The summed E-state index contributed by atoms with van der Waals surface area (Å²) >= 11 is 0. The molecule has 40 heavy (non-hydrogen) atoms. The van der Waals surface area contributed by atoms with Crippen LogP contribution in [0.25, 0.3) is 0 Å². The first-order valence-corrected chi connectivity index (χ1v) is 15.6. The number of carbonyl (C=O) groups excluding carboxylic acids is 2. The Bertz CT molecular complexity index is 1360. The van der Waals surface area contributed by atoms with Crippen LogP contribution in [-0.4, -0.2) is 50.0 Å². The Morgan fingerprint density at radius 1 is 0.850 bits per heavy atom. The summed E-state index contributed by atoms with van der Waals surface area (Å²) in [5, 5.41) is 3.04. The van der Waals surface area contributed by atoms with Crippen LogP contribution < -0.4 is 9.62 Å². The highest BCUT2D eigenvalue weighted by Crippen LogP contribution is 2.21. The minimum atomic E-state index is -3.79. The topological polar surface area (TPSA) is 86.8 Å². The van der Waals surface area contributed by atoms with Crippen molar-refractivity contribution >= 4 is 27.5 Å². The molecule has 3 aromatic rings. The summed E-state index contributed by atoms with van der Waals surface area (Å²) in [5.74, 6) is -0.720. The van der Waals surface area contributed by atoms with Crippen molar-refractivity contribution in [2.75, 3.05) is 17.1 Å². The van der Waals surface area contributed by atoms with E-state index in [9.17, 15) is 18.0 Å². The number of nitrogens with zero attached hydrogens (tertiary/aromatic N) is 2. The van der Waals surface area contributed by atoms with Crippen molar-refractivity contribution < 1.29 is 18.0 Å². The normalized spacial score (nSPS) is 12.8. The van der Waals surface area contributed by atoms with Gasteiger partial charge in [-0.15, -0.1) is 0 Å². The molecule has 0 aromatic heterocycles. The van der Waals surface area contributed by atoms with Crippen LogP contribution in [0, 0.1) is 6.92 Å². The summed E-state index contributed by atoms with van der Waals surface area (Å²) in [6, 6.07) is 23.6. The minimum absolute atomic E-state index is 0.0771. The lowest BCUT2D eigenvalue weighted by atomic mass is 10.0. The molecule has 2 atom stereocenters. The highest BCUT2D eigenvalue weighted by atomic mass is 32.2. The number of rotatable bonds is 13. The molecule has 3 rings (SSSR count). The molecule has 1 N–H and O–H groups in total. The van der Waals surface area contributed by atoms with E-state index in [4.69, 9.17) is 0 Å². The smallest absolute Gasteiger partial charge is 0.244 e. The number of amides is 2. The number of carbonyl (C=O) groups is 2. The lowest BCUT2D eigenvalue weighted by molar-refractivity contribution is -0.140. The molecule has 0 radical (unpaired) electrons. The maximum Gasteiger partial charge on any atom is 0.244 e. The fourth-order valence-corrected chi connectivity index (χ4v) is 5.25. The maximum atomic E-state index is 14.1. The van der Waals surface area contributed by atoms with E-state index in [0.717, 1.165) is 45.7 Å². The van der Waals surface area contributed by atoms with Gasteiger partial charge in [-0.2, -0.15) is 0 Å². The second kappa shape index (κ2) is 14.1. The predicted octanol–water partition coefficient (Wildman–Crippen LogP) is 4.88. The van der Waals surface area contributed by atoms with E-state index in [2.05, 4.69) is 5.32 Å². The average Bonchev–Trinajstić information content (AvgIpc) is 2.94. The Kier molecular flexibility index (Phi) is 10.9. The Morgan fingerprint density at radius 3 is 2.00 bits per heavy atom. The fourth-order valence-electron chi connectivity index (χ4n) is 4.40. The molecule has 0 unspecified atom stereocenters. The van der Waals surface area contributed by atoms with Gasteiger partial charge in [0.25, 0.3) is 0 Å². The van der Waals surface area contributed by atoms with Crippen LogP contribution in [0.3, 0.4) is 0 Å². The quantitative estimate of drug-likeness (QED) is 0.321.